The zero-order valence-electron chi connectivity index (χ0n) is 14.2. The van der Waals surface area contributed by atoms with Crippen molar-refractivity contribution < 1.29 is 0 Å². The molecule has 0 radical (unpaired) electrons. The minimum atomic E-state index is 0.149. The van der Waals surface area contributed by atoms with Gasteiger partial charge in [0.15, 0.2) is 0 Å². The number of allylic oxidation sites excluding steroid dienone is 4. The molecule has 0 fully saturated rings. The Kier molecular flexibility index (Phi) is 6.30. The van der Waals surface area contributed by atoms with Gasteiger partial charge < -0.3 is 0 Å². The summed E-state index contributed by atoms with van der Waals surface area (Å²) in [4.78, 5) is 8.89. The normalized spacial score (nSPS) is 13.9. The smallest absolute Gasteiger partial charge is 0.104 e. The fraction of sp³-hybridized carbons (Fsp3) is 0. The number of aliphatic imine (C=N–C) groups is 2. The zero-order valence-corrected chi connectivity index (χ0v) is 17.2. The molecule has 0 atom stereocenters. The van der Waals surface area contributed by atoms with Crippen molar-refractivity contribution in [3.05, 3.63) is 79.8 Å². The van der Waals surface area contributed by atoms with Crippen LogP contribution in [0.3, 0.4) is 0 Å². The van der Waals surface area contributed by atoms with E-state index in [9.17, 15) is 0 Å². The van der Waals surface area contributed by atoms with Crippen LogP contribution in [0.15, 0.2) is 78.6 Å². The Balaban J connectivity index is 2.04. The molecule has 0 bridgehead atoms. The Morgan fingerprint density at radius 3 is 1.07 bits per heavy atom. The molecule has 3 rings (SSSR count). The lowest BCUT2D eigenvalue weighted by Crippen LogP contribution is -2.15. The Labute approximate surface area is 183 Å². The van der Waals surface area contributed by atoms with E-state index in [0.29, 0.717) is 11.4 Å². The highest BCUT2D eigenvalue weighted by molar-refractivity contribution is 6.70. The fourth-order valence-corrected chi connectivity index (χ4v) is 3.33. The monoisotopic (exact) mass is 442 g/mol. The maximum Gasteiger partial charge on any atom is 0.104 e. The van der Waals surface area contributed by atoms with Gasteiger partial charge in [0.2, 0.25) is 0 Å². The van der Waals surface area contributed by atoms with Crippen molar-refractivity contribution >= 4 is 69.2 Å². The second-order valence-electron chi connectivity index (χ2n) is 5.56. The minimum absolute atomic E-state index is 0.149. The molecule has 136 valence electrons. The molecule has 0 aromatic heterocycles. The minimum Gasteiger partial charge on any atom is -0.246 e. The molecule has 0 heterocycles. The third-order valence-electron chi connectivity index (χ3n) is 3.77. The summed E-state index contributed by atoms with van der Waals surface area (Å²) in [5.41, 5.74) is 3.19. The second-order valence-corrected chi connectivity index (χ2v) is 7.07. The van der Waals surface area contributed by atoms with Gasteiger partial charge in [-0.1, -0.05) is 58.2 Å². The maximum absolute atomic E-state index is 6.41. The van der Waals surface area contributed by atoms with Crippen LogP contribution in [0.4, 0.5) is 11.4 Å². The van der Waals surface area contributed by atoms with Gasteiger partial charge in [0.25, 0.3) is 0 Å². The van der Waals surface area contributed by atoms with Crippen molar-refractivity contribution in [1.29, 1.82) is 0 Å². The SMILES string of the molecule is C#Cc1ccc(N=C2C(Cl)=C(Cl)C(=Nc3ccc(C#C)cc3)C(Cl)=C2Cl)cc1. The van der Waals surface area contributed by atoms with E-state index in [4.69, 9.17) is 59.3 Å². The van der Waals surface area contributed by atoms with Crippen LogP contribution in [0.1, 0.15) is 11.1 Å². The van der Waals surface area contributed by atoms with Gasteiger partial charge in [0.1, 0.15) is 11.4 Å². The average Bonchev–Trinajstić information content (AvgIpc) is 2.73. The summed E-state index contributed by atoms with van der Waals surface area (Å²) >= 11 is 25.6. The number of terminal acetylenes is 2. The van der Waals surface area contributed by atoms with E-state index in [2.05, 4.69) is 21.8 Å². The lowest BCUT2D eigenvalue weighted by molar-refractivity contribution is 1.48. The van der Waals surface area contributed by atoms with E-state index in [-0.39, 0.29) is 31.6 Å². The Morgan fingerprint density at radius 1 is 0.536 bits per heavy atom. The third-order valence-corrected chi connectivity index (χ3v) is 5.43. The number of nitrogens with zero attached hydrogens (tertiary/aromatic N) is 2. The summed E-state index contributed by atoms with van der Waals surface area (Å²) < 4.78 is 0. The highest BCUT2D eigenvalue weighted by Gasteiger charge is 2.28. The first-order chi connectivity index (χ1) is 13.4. The van der Waals surface area contributed by atoms with Crippen molar-refractivity contribution in [2.24, 2.45) is 9.98 Å². The molecule has 0 spiro atoms. The molecular weight excluding hydrogens is 434 g/mol. The fourth-order valence-electron chi connectivity index (χ4n) is 2.33. The van der Waals surface area contributed by atoms with Crippen LogP contribution >= 0.6 is 46.4 Å². The second kappa shape index (κ2) is 8.70. The van der Waals surface area contributed by atoms with E-state index < -0.39 is 0 Å². The van der Waals surface area contributed by atoms with Gasteiger partial charge in [0, 0.05) is 11.1 Å². The van der Waals surface area contributed by atoms with Gasteiger partial charge in [-0.25, -0.2) is 9.98 Å². The number of hydrogen-bond acceptors (Lipinski definition) is 2. The molecule has 6 heteroatoms. The van der Waals surface area contributed by atoms with Crippen LogP contribution in [0.25, 0.3) is 0 Å². The Morgan fingerprint density at radius 2 is 0.821 bits per heavy atom. The first kappa shape index (κ1) is 20.3. The molecule has 0 saturated heterocycles. The van der Waals surface area contributed by atoms with Crippen LogP contribution < -0.4 is 0 Å². The molecule has 0 unspecified atom stereocenters. The summed E-state index contributed by atoms with van der Waals surface area (Å²) in [7, 11) is 0. The van der Waals surface area contributed by atoms with Crippen molar-refractivity contribution in [2.45, 2.75) is 0 Å². The van der Waals surface area contributed by atoms with Crippen molar-refractivity contribution in [2.75, 3.05) is 0 Å². The number of hydrogen-bond donors (Lipinski definition) is 0. The molecule has 0 N–H and O–H groups in total. The van der Waals surface area contributed by atoms with E-state index in [0.717, 1.165) is 11.1 Å². The molecule has 2 aromatic rings. The summed E-state index contributed by atoms with van der Waals surface area (Å²) in [5.74, 6) is 5.08. The van der Waals surface area contributed by atoms with E-state index in [1.165, 1.54) is 0 Å². The Bertz CT molecular complexity index is 1020. The van der Waals surface area contributed by atoms with Crippen LogP contribution in [0.5, 0.6) is 0 Å². The first-order valence-corrected chi connectivity index (χ1v) is 9.38. The van der Waals surface area contributed by atoms with Crippen LogP contribution in [0, 0.1) is 24.7 Å². The highest BCUT2D eigenvalue weighted by atomic mass is 35.5. The number of halogens is 4. The lowest BCUT2D eigenvalue weighted by atomic mass is 10.1. The summed E-state index contributed by atoms with van der Waals surface area (Å²) in [6, 6.07) is 14.0. The quantitative estimate of drug-likeness (QED) is 0.356. The first-order valence-electron chi connectivity index (χ1n) is 7.87. The molecule has 2 nitrogen and oxygen atoms in total. The van der Waals surface area contributed by atoms with Gasteiger partial charge in [0.05, 0.1) is 31.5 Å². The molecule has 0 saturated carbocycles. The average molecular weight is 444 g/mol. The Hall–Kier alpha value is -2.46. The summed E-state index contributed by atoms with van der Waals surface area (Å²) in [6.07, 6.45) is 10.7. The van der Waals surface area contributed by atoms with Crippen LogP contribution in [-0.2, 0) is 0 Å². The van der Waals surface area contributed by atoms with Crippen molar-refractivity contribution in [1.82, 2.24) is 0 Å². The van der Waals surface area contributed by atoms with Gasteiger partial charge in [-0.05, 0) is 48.5 Å². The topological polar surface area (TPSA) is 24.7 Å². The van der Waals surface area contributed by atoms with Crippen molar-refractivity contribution in [3.8, 4) is 24.7 Å². The predicted molar refractivity (Wildman–Crippen MR) is 120 cm³/mol. The molecule has 0 amide bonds. The number of benzene rings is 2. The lowest BCUT2D eigenvalue weighted by Gasteiger charge is -2.17. The van der Waals surface area contributed by atoms with Gasteiger partial charge >= 0.3 is 0 Å². The largest absolute Gasteiger partial charge is 0.246 e. The van der Waals surface area contributed by atoms with Gasteiger partial charge in [-0.2, -0.15) is 0 Å². The van der Waals surface area contributed by atoms with Gasteiger partial charge in [-0.3, -0.25) is 0 Å². The zero-order chi connectivity index (χ0) is 20.3. The predicted octanol–water partition coefficient (Wildman–Crippen LogP) is 6.89. The van der Waals surface area contributed by atoms with Crippen LogP contribution in [0.2, 0.25) is 0 Å². The molecule has 2 aromatic carbocycles. The molecule has 0 aliphatic heterocycles. The maximum atomic E-state index is 6.41. The molecule has 1 aliphatic rings. The van der Waals surface area contributed by atoms with Gasteiger partial charge in [-0.15, -0.1) is 12.8 Å². The number of rotatable bonds is 2. The van der Waals surface area contributed by atoms with E-state index in [1.54, 1.807) is 48.5 Å². The van der Waals surface area contributed by atoms with Crippen LogP contribution in [-0.4, -0.2) is 11.4 Å². The molecule has 1 aliphatic carbocycles. The summed E-state index contributed by atoms with van der Waals surface area (Å²) in [5, 5.41) is 0.597. The molecule has 28 heavy (non-hydrogen) atoms. The van der Waals surface area contributed by atoms with Crippen molar-refractivity contribution in [3.63, 3.8) is 0 Å². The standard InChI is InChI=1S/C22H10Cl4N2/c1-3-13-5-9-15(10-6-13)27-21-17(23)19(25)22(20(26)18(21)24)28-16-11-7-14(4-2)8-12-16/h1-2,5-12H. The van der Waals surface area contributed by atoms with E-state index in [1.807, 2.05) is 0 Å². The molecular formula is C22H10Cl4N2. The third kappa shape index (κ3) is 4.17. The summed E-state index contributed by atoms with van der Waals surface area (Å²) in [6.45, 7) is 0. The van der Waals surface area contributed by atoms with E-state index >= 15 is 0 Å². The highest BCUT2D eigenvalue weighted by Crippen LogP contribution is 2.37.